The van der Waals surface area contributed by atoms with E-state index in [1.54, 1.807) is 29.3 Å². The van der Waals surface area contributed by atoms with Gasteiger partial charge in [-0.15, -0.1) is 0 Å². The highest BCUT2D eigenvalue weighted by Gasteiger charge is 2.33. The lowest BCUT2D eigenvalue weighted by Crippen LogP contribution is -2.22. The zero-order valence-corrected chi connectivity index (χ0v) is 12.3. The summed E-state index contributed by atoms with van der Waals surface area (Å²) in [4.78, 5) is 18.8. The molecule has 4 rings (SSSR count). The number of aromatic nitrogens is 1. The van der Waals surface area contributed by atoms with E-state index in [0.29, 0.717) is 16.3 Å². The molecule has 0 saturated carbocycles. The fraction of sp³-hybridized carbons (Fsp3) is 0. The molecule has 4 heteroatoms. The van der Waals surface area contributed by atoms with Crippen molar-refractivity contribution in [3.8, 4) is 0 Å². The van der Waals surface area contributed by atoms with Crippen LogP contribution in [0.2, 0.25) is 5.02 Å². The Balaban J connectivity index is 1.94. The van der Waals surface area contributed by atoms with E-state index in [9.17, 15) is 4.79 Å². The number of rotatable bonds is 1. The molecule has 0 N–H and O–H groups in total. The molecule has 1 amide bonds. The summed E-state index contributed by atoms with van der Waals surface area (Å²) in [5.41, 5.74) is 3.52. The van der Waals surface area contributed by atoms with E-state index < -0.39 is 0 Å². The Bertz CT molecular complexity index is 943. The van der Waals surface area contributed by atoms with Gasteiger partial charge in [-0.2, -0.15) is 0 Å². The lowest BCUT2D eigenvalue weighted by Gasteiger charge is -2.19. The second-order valence-corrected chi connectivity index (χ2v) is 5.57. The second kappa shape index (κ2) is 4.68. The number of benzene rings is 2. The third-order valence-corrected chi connectivity index (χ3v) is 4.08. The van der Waals surface area contributed by atoms with Gasteiger partial charge in [0.2, 0.25) is 0 Å². The van der Waals surface area contributed by atoms with Crippen LogP contribution < -0.4 is 4.90 Å². The number of amides is 1. The van der Waals surface area contributed by atoms with Gasteiger partial charge in [-0.05, 0) is 30.3 Å². The van der Waals surface area contributed by atoms with Gasteiger partial charge in [-0.1, -0.05) is 36.4 Å². The summed E-state index contributed by atoms with van der Waals surface area (Å²) in [6, 6.07) is 14.8. The minimum absolute atomic E-state index is 0.102. The van der Waals surface area contributed by atoms with Crippen LogP contribution in [-0.2, 0) is 0 Å². The van der Waals surface area contributed by atoms with Crippen molar-refractivity contribution in [1.82, 2.24) is 4.98 Å². The Kier molecular flexibility index (Phi) is 2.78. The van der Waals surface area contributed by atoms with Gasteiger partial charge in [0.1, 0.15) is 0 Å². The Morgan fingerprint density at radius 2 is 1.86 bits per heavy atom. The van der Waals surface area contributed by atoms with Gasteiger partial charge in [-0.25, -0.2) is 0 Å². The van der Waals surface area contributed by atoms with Crippen LogP contribution in [0.3, 0.4) is 0 Å². The number of halogens is 1. The van der Waals surface area contributed by atoms with Crippen LogP contribution in [0, 0.1) is 0 Å². The molecule has 22 heavy (non-hydrogen) atoms. The molecule has 0 aliphatic carbocycles. The van der Waals surface area contributed by atoms with E-state index in [1.807, 2.05) is 30.3 Å². The Morgan fingerprint density at radius 3 is 2.73 bits per heavy atom. The van der Waals surface area contributed by atoms with E-state index in [-0.39, 0.29) is 5.91 Å². The lowest BCUT2D eigenvalue weighted by molar-refractivity contribution is 0.101. The number of carbonyl (C=O) groups is 1. The van der Waals surface area contributed by atoms with Crippen LogP contribution in [0.25, 0.3) is 16.6 Å². The van der Waals surface area contributed by atoms with Crippen molar-refractivity contribution in [3.63, 3.8) is 0 Å². The van der Waals surface area contributed by atoms with Crippen LogP contribution >= 0.6 is 11.6 Å². The monoisotopic (exact) mass is 306 g/mol. The molecule has 106 valence electrons. The fourth-order valence-corrected chi connectivity index (χ4v) is 3.00. The first-order valence-electron chi connectivity index (χ1n) is 6.84. The number of pyridine rings is 1. The van der Waals surface area contributed by atoms with Gasteiger partial charge >= 0.3 is 0 Å². The molecule has 0 spiro atoms. The van der Waals surface area contributed by atoms with E-state index >= 15 is 0 Å². The minimum Gasteiger partial charge on any atom is -0.275 e. The van der Waals surface area contributed by atoms with Gasteiger partial charge in [0.25, 0.3) is 5.91 Å². The van der Waals surface area contributed by atoms with Crippen LogP contribution in [0.15, 0.2) is 61.3 Å². The predicted octanol–water partition coefficient (Wildman–Crippen LogP) is 4.52. The zero-order valence-electron chi connectivity index (χ0n) is 11.6. The van der Waals surface area contributed by atoms with Crippen LogP contribution in [0.5, 0.6) is 0 Å². The van der Waals surface area contributed by atoms with E-state index in [2.05, 4.69) is 11.6 Å². The summed E-state index contributed by atoms with van der Waals surface area (Å²) in [6.07, 6.45) is 1.72. The highest BCUT2D eigenvalue weighted by molar-refractivity contribution is 6.32. The fourth-order valence-electron chi connectivity index (χ4n) is 2.83. The number of fused-ring (bicyclic) bond motifs is 2. The van der Waals surface area contributed by atoms with E-state index in [0.717, 1.165) is 22.2 Å². The maximum absolute atomic E-state index is 12.8. The van der Waals surface area contributed by atoms with E-state index in [1.165, 1.54) is 0 Å². The molecule has 0 unspecified atom stereocenters. The topological polar surface area (TPSA) is 33.2 Å². The summed E-state index contributed by atoms with van der Waals surface area (Å²) in [6.45, 7) is 4.07. The van der Waals surface area contributed by atoms with Crippen molar-refractivity contribution in [1.29, 1.82) is 0 Å². The first-order valence-corrected chi connectivity index (χ1v) is 7.21. The molecule has 3 nitrogen and oxygen atoms in total. The first kappa shape index (κ1) is 13.0. The summed E-state index contributed by atoms with van der Waals surface area (Å²) in [7, 11) is 0. The Morgan fingerprint density at radius 1 is 1.05 bits per heavy atom. The van der Waals surface area contributed by atoms with Crippen molar-refractivity contribution < 1.29 is 4.79 Å². The molecule has 1 aromatic heterocycles. The average molecular weight is 307 g/mol. The molecular formula is C18H11ClN2O. The minimum atomic E-state index is -0.102. The molecule has 1 aliphatic rings. The summed E-state index contributed by atoms with van der Waals surface area (Å²) in [5, 5.41) is 1.57. The van der Waals surface area contributed by atoms with Crippen molar-refractivity contribution >= 4 is 39.8 Å². The molecule has 2 heterocycles. The largest absolute Gasteiger partial charge is 0.275 e. The smallest absolute Gasteiger partial charge is 0.263 e. The number of anilines is 1. The van der Waals surface area contributed by atoms with Crippen molar-refractivity contribution in [2.45, 2.75) is 0 Å². The second-order valence-electron chi connectivity index (χ2n) is 5.13. The molecule has 0 radical (unpaired) electrons. The highest BCUT2D eigenvalue weighted by atomic mass is 35.5. The normalized spacial score (nSPS) is 13.8. The average Bonchev–Trinajstić information content (AvgIpc) is 2.78. The maximum Gasteiger partial charge on any atom is 0.263 e. The van der Waals surface area contributed by atoms with Gasteiger partial charge < -0.3 is 0 Å². The molecule has 0 bridgehead atoms. The molecular weight excluding hydrogens is 296 g/mol. The summed E-state index contributed by atoms with van der Waals surface area (Å²) < 4.78 is 0. The third kappa shape index (κ3) is 1.76. The first-order chi connectivity index (χ1) is 10.7. The lowest BCUT2D eigenvalue weighted by atomic mass is 10.1. The van der Waals surface area contributed by atoms with Crippen molar-refractivity contribution in [2.24, 2.45) is 0 Å². The maximum atomic E-state index is 12.8. The molecule has 3 aromatic rings. The van der Waals surface area contributed by atoms with Crippen LogP contribution in [-0.4, -0.2) is 10.9 Å². The number of carbonyl (C=O) groups excluding carboxylic acids is 1. The SMILES string of the molecule is C=C1c2cc(Cl)ccc2C(=O)N1c1cccc2cccnc12. The van der Waals surface area contributed by atoms with Gasteiger partial charge in [0, 0.05) is 27.7 Å². The zero-order chi connectivity index (χ0) is 15.3. The number of nitrogens with zero attached hydrogens (tertiary/aromatic N) is 2. The van der Waals surface area contributed by atoms with Crippen molar-refractivity contribution in [3.05, 3.63) is 77.5 Å². The number of hydrogen-bond donors (Lipinski definition) is 0. The van der Waals surface area contributed by atoms with Crippen molar-refractivity contribution in [2.75, 3.05) is 4.90 Å². The quantitative estimate of drug-likeness (QED) is 0.662. The summed E-state index contributed by atoms with van der Waals surface area (Å²) >= 11 is 6.04. The standard InChI is InChI=1S/C18H11ClN2O/c1-11-15-10-13(19)7-8-14(15)18(22)21(11)16-6-2-4-12-5-3-9-20-17(12)16/h2-10H,1H2. The molecule has 0 fully saturated rings. The predicted molar refractivity (Wildman–Crippen MR) is 89.0 cm³/mol. The Hall–Kier alpha value is -2.65. The third-order valence-electron chi connectivity index (χ3n) is 3.85. The van der Waals surface area contributed by atoms with Crippen LogP contribution in [0.1, 0.15) is 15.9 Å². The Labute approximate surface area is 132 Å². The van der Waals surface area contributed by atoms with Gasteiger partial charge in [-0.3, -0.25) is 14.7 Å². The molecule has 0 atom stereocenters. The molecule has 1 aliphatic heterocycles. The molecule has 0 saturated heterocycles. The molecule has 2 aromatic carbocycles. The number of hydrogen-bond acceptors (Lipinski definition) is 2. The van der Waals surface area contributed by atoms with Gasteiger partial charge in [0.15, 0.2) is 0 Å². The van der Waals surface area contributed by atoms with E-state index in [4.69, 9.17) is 11.6 Å². The summed E-state index contributed by atoms with van der Waals surface area (Å²) in [5.74, 6) is -0.102. The van der Waals surface area contributed by atoms with Gasteiger partial charge in [0.05, 0.1) is 16.9 Å². The van der Waals surface area contributed by atoms with Crippen LogP contribution in [0.4, 0.5) is 5.69 Å². The number of para-hydroxylation sites is 1. The highest BCUT2D eigenvalue weighted by Crippen LogP contribution is 2.39.